The molecule has 0 radical (unpaired) electrons. The van der Waals surface area contributed by atoms with Crippen molar-refractivity contribution in [2.24, 2.45) is 5.92 Å². The minimum atomic E-state index is -0.322. The molecule has 0 atom stereocenters. The smallest absolute Gasteiger partial charge is 0.409 e. The molecule has 0 aromatic heterocycles. The Balaban J connectivity index is 2.35. The van der Waals surface area contributed by atoms with Gasteiger partial charge in [0.25, 0.3) is 0 Å². The number of likely N-dealkylation sites (tertiary alicyclic amines) is 1. The van der Waals surface area contributed by atoms with Crippen LogP contribution in [-0.2, 0) is 14.3 Å². The molecule has 1 aliphatic heterocycles. The molecule has 1 rings (SSSR count). The molecule has 5 heteroatoms. The Hall–Kier alpha value is -1.26. The van der Waals surface area contributed by atoms with Crippen molar-refractivity contribution in [2.75, 3.05) is 26.8 Å². The fraction of sp³-hybridized carbons (Fsp3) is 0.800. The SMILES string of the molecule is CCOC(=O)C1CCN(C(=O)OC)CC1. The zero-order chi connectivity index (χ0) is 11.3. The van der Waals surface area contributed by atoms with E-state index in [1.54, 1.807) is 11.8 Å². The lowest BCUT2D eigenvalue weighted by Gasteiger charge is -2.29. The van der Waals surface area contributed by atoms with Gasteiger partial charge in [-0.2, -0.15) is 0 Å². The van der Waals surface area contributed by atoms with E-state index in [2.05, 4.69) is 4.74 Å². The van der Waals surface area contributed by atoms with Crippen molar-refractivity contribution in [1.82, 2.24) is 4.90 Å². The van der Waals surface area contributed by atoms with E-state index in [1.165, 1.54) is 7.11 Å². The molecule has 1 amide bonds. The lowest BCUT2D eigenvalue weighted by molar-refractivity contribution is -0.149. The van der Waals surface area contributed by atoms with Gasteiger partial charge in [-0.05, 0) is 19.8 Å². The van der Waals surface area contributed by atoms with Gasteiger partial charge in [-0.25, -0.2) is 4.79 Å². The average Bonchev–Trinajstić information content (AvgIpc) is 2.28. The van der Waals surface area contributed by atoms with Crippen molar-refractivity contribution in [2.45, 2.75) is 19.8 Å². The van der Waals surface area contributed by atoms with E-state index >= 15 is 0 Å². The van der Waals surface area contributed by atoms with Gasteiger partial charge in [-0.1, -0.05) is 0 Å². The third-order valence-electron chi connectivity index (χ3n) is 2.55. The summed E-state index contributed by atoms with van der Waals surface area (Å²) in [5.41, 5.74) is 0. The summed E-state index contributed by atoms with van der Waals surface area (Å²) in [6.07, 6.45) is 0.999. The number of nitrogens with zero attached hydrogens (tertiary/aromatic N) is 1. The molecule has 15 heavy (non-hydrogen) atoms. The zero-order valence-electron chi connectivity index (χ0n) is 9.19. The predicted octanol–water partition coefficient (Wildman–Crippen LogP) is 1.03. The van der Waals surface area contributed by atoms with Crippen molar-refractivity contribution in [3.63, 3.8) is 0 Å². The van der Waals surface area contributed by atoms with Crippen LogP contribution in [0.2, 0.25) is 0 Å². The monoisotopic (exact) mass is 215 g/mol. The Morgan fingerprint density at radius 1 is 1.33 bits per heavy atom. The highest BCUT2D eigenvalue weighted by Gasteiger charge is 2.28. The predicted molar refractivity (Wildman–Crippen MR) is 53.3 cm³/mol. The molecule has 1 aliphatic rings. The van der Waals surface area contributed by atoms with Gasteiger partial charge in [0.15, 0.2) is 0 Å². The summed E-state index contributed by atoms with van der Waals surface area (Å²) in [6.45, 7) is 3.34. The van der Waals surface area contributed by atoms with Crippen molar-refractivity contribution in [1.29, 1.82) is 0 Å². The summed E-state index contributed by atoms with van der Waals surface area (Å²) in [4.78, 5) is 24.2. The number of piperidine rings is 1. The minimum absolute atomic E-state index is 0.0640. The maximum atomic E-state index is 11.4. The fourth-order valence-corrected chi connectivity index (χ4v) is 1.69. The number of ether oxygens (including phenoxy) is 2. The number of hydrogen-bond acceptors (Lipinski definition) is 4. The number of rotatable bonds is 2. The molecule has 0 bridgehead atoms. The summed E-state index contributed by atoms with van der Waals surface area (Å²) in [5.74, 6) is -0.215. The first-order valence-electron chi connectivity index (χ1n) is 5.18. The Morgan fingerprint density at radius 2 is 1.93 bits per heavy atom. The topological polar surface area (TPSA) is 55.8 Å². The van der Waals surface area contributed by atoms with E-state index in [0.717, 1.165) is 0 Å². The highest BCUT2D eigenvalue weighted by molar-refractivity contribution is 5.73. The van der Waals surface area contributed by atoms with E-state index in [1.807, 2.05) is 0 Å². The van der Waals surface area contributed by atoms with E-state index in [-0.39, 0.29) is 18.0 Å². The summed E-state index contributed by atoms with van der Waals surface area (Å²) in [7, 11) is 1.36. The van der Waals surface area contributed by atoms with E-state index in [9.17, 15) is 9.59 Å². The molecule has 0 N–H and O–H groups in total. The molecule has 0 unspecified atom stereocenters. The Bertz CT molecular complexity index is 234. The molecule has 0 aromatic rings. The molecule has 5 nitrogen and oxygen atoms in total. The number of amides is 1. The van der Waals surface area contributed by atoms with Gasteiger partial charge in [-0.15, -0.1) is 0 Å². The van der Waals surface area contributed by atoms with Gasteiger partial charge in [0.2, 0.25) is 0 Å². The second-order valence-electron chi connectivity index (χ2n) is 3.48. The van der Waals surface area contributed by atoms with Gasteiger partial charge >= 0.3 is 12.1 Å². The van der Waals surface area contributed by atoms with Crippen LogP contribution in [0.25, 0.3) is 0 Å². The van der Waals surface area contributed by atoms with Gasteiger partial charge < -0.3 is 14.4 Å². The van der Waals surface area contributed by atoms with Crippen LogP contribution < -0.4 is 0 Å². The van der Waals surface area contributed by atoms with Crippen LogP contribution in [0.5, 0.6) is 0 Å². The molecule has 86 valence electrons. The van der Waals surface area contributed by atoms with Crippen LogP contribution in [0.4, 0.5) is 4.79 Å². The largest absolute Gasteiger partial charge is 0.466 e. The highest BCUT2D eigenvalue weighted by atomic mass is 16.5. The maximum Gasteiger partial charge on any atom is 0.409 e. The molecule has 0 saturated carbocycles. The average molecular weight is 215 g/mol. The van der Waals surface area contributed by atoms with Crippen molar-refractivity contribution in [3.8, 4) is 0 Å². The van der Waals surface area contributed by atoms with Crippen LogP contribution in [-0.4, -0.2) is 43.8 Å². The summed E-state index contributed by atoms with van der Waals surface area (Å²) < 4.78 is 9.53. The van der Waals surface area contributed by atoms with E-state index in [4.69, 9.17) is 4.74 Å². The van der Waals surface area contributed by atoms with Gasteiger partial charge in [0, 0.05) is 13.1 Å². The lowest BCUT2D eigenvalue weighted by atomic mass is 9.97. The van der Waals surface area contributed by atoms with Crippen LogP contribution >= 0.6 is 0 Å². The van der Waals surface area contributed by atoms with Crippen molar-refractivity contribution >= 4 is 12.1 Å². The number of esters is 1. The third-order valence-corrected chi connectivity index (χ3v) is 2.55. The van der Waals surface area contributed by atoms with Crippen LogP contribution in [0.15, 0.2) is 0 Å². The lowest BCUT2D eigenvalue weighted by Crippen LogP contribution is -2.40. The molecule has 1 saturated heterocycles. The Kier molecular flexibility index (Phi) is 4.39. The summed E-state index contributed by atoms with van der Waals surface area (Å²) in [5, 5.41) is 0. The van der Waals surface area contributed by atoms with Gasteiger partial charge in [-0.3, -0.25) is 4.79 Å². The van der Waals surface area contributed by atoms with Crippen molar-refractivity contribution in [3.05, 3.63) is 0 Å². The first kappa shape index (κ1) is 11.8. The highest BCUT2D eigenvalue weighted by Crippen LogP contribution is 2.18. The second kappa shape index (κ2) is 5.58. The number of methoxy groups -OCH3 is 1. The van der Waals surface area contributed by atoms with E-state index < -0.39 is 0 Å². The third kappa shape index (κ3) is 3.11. The molecular formula is C10H17NO4. The molecule has 0 spiro atoms. The molecular weight excluding hydrogens is 198 g/mol. The number of hydrogen-bond donors (Lipinski definition) is 0. The summed E-state index contributed by atoms with van der Waals surface area (Å²) in [6, 6.07) is 0. The van der Waals surface area contributed by atoms with Gasteiger partial charge in [0.1, 0.15) is 0 Å². The fourth-order valence-electron chi connectivity index (χ4n) is 1.69. The molecule has 0 aliphatic carbocycles. The zero-order valence-corrected chi connectivity index (χ0v) is 9.19. The molecule has 1 heterocycles. The van der Waals surface area contributed by atoms with Crippen molar-refractivity contribution < 1.29 is 19.1 Å². The second-order valence-corrected chi connectivity index (χ2v) is 3.48. The molecule has 1 fully saturated rings. The first-order valence-corrected chi connectivity index (χ1v) is 5.18. The quantitative estimate of drug-likeness (QED) is 0.645. The number of carbonyl (C=O) groups is 2. The molecule has 0 aromatic carbocycles. The van der Waals surface area contributed by atoms with Crippen LogP contribution in [0.3, 0.4) is 0 Å². The first-order chi connectivity index (χ1) is 7.19. The Labute approximate surface area is 89.3 Å². The van der Waals surface area contributed by atoms with Gasteiger partial charge in [0.05, 0.1) is 19.6 Å². The minimum Gasteiger partial charge on any atom is -0.466 e. The van der Waals surface area contributed by atoms with Crippen LogP contribution in [0, 0.1) is 5.92 Å². The standard InChI is InChI=1S/C10H17NO4/c1-3-15-9(12)8-4-6-11(7-5-8)10(13)14-2/h8H,3-7H2,1-2H3. The Morgan fingerprint density at radius 3 is 2.40 bits per heavy atom. The summed E-state index contributed by atoms with van der Waals surface area (Å²) >= 11 is 0. The normalized spacial score (nSPS) is 17.3. The number of carbonyl (C=O) groups excluding carboxylic acids is 2. The maximum absolute atomic E-state index is 11.4. The van der Waals surface area contributed by atoms with E-state index in [0.29, 0.717) is 32.5 Å². The van der Waals surface area contributed by atoms with Crippen LogP contribution in [0.1, 0.15) is 19.8 Å².